The Kier molecular flexibility index (Phi) is 12.2. The Balaban J connectivity index is 1.67. The Morgan fingerprint density at radius 1 is 1.33 bits per heavy atom. The molecular weight excluding hydrogens is 400 g/mol. The lowest BCUT2D eigenvalue weighted by Crippen LogP contribution is -2.38. The van der Waals surface area contributed by atoms with E-state index in [-0.39, 0.29) is 0 Å². The zero-order valence-electron chi connectivity index (χ0n) is 19.2. The molecule has 2 N–H and O–H groups in total. The van der Waals surface area contributed by atoms with Crippen LogP contribution in [0.5, 0.6) is 0 Å². The van der Waals surface area contributed by atoms with Gasteiger partial charge in [-0.15, -0.1) is 10.2 Å². The molecule has 0 saturated carbocycles. The van der Waals surface area contributed by atoms with Gasteiger partial charge < -0.3 is 24.7 Å². The van der Waals surface area contributed by atoms with Crippen molar-refractivity contribution in [3.63, 3.8) is 0 Å². The van der Waals surface area contributed by atoms with Gasteiger partial charge in [0.05, 0.1) is 12.7 Å². The summed E-state index contributed by atoms with van der Waals surface area (Å²) in [5.74, 6) is 2.50. The average Bonchev–Trinajstić information content (AvgIpc) is 3.37. The molecule has 1 aliphatic rings. The normalized spacial score (nSPS) is 17.1. The van der Waals surface area contributed by atoms with Gasteiger partial charge in [0.25, 0.3) is 0 Å². The highest BCUT2D eigenvalue weighted by atomic mass is 32.2. The van der Waals surface area contributed by atoms with Crippen LogP contribution >= 0.6 is 11.8 Å². The predicted molar refractivity (Wildman–Crippen MR) is 123 cm³/mol. The van der Waals surface area contributed by atoms with E-state index >= 15 is 0 Å². The van der Waals surface area contributed by atoms with Crippen LogP contribution in [0.2, 0.25) is 0 Å². The Labute approximate surface area is 186 Å². The Hall–Kier alpha value is -1.32. The van der Waals surface area contributed by atoms with Crippen molar-refractivity contribution in [3.05, 3.63) is 5.82 Å². The quantitative estimate of drug-likeness (QED) is 0.199. The zero-order chi connectivity index (χ0) is 21.6. The molecule has 8 nitrogen and oxygen atoms in total. The molecule has 0 amide bonds. The van der Waals surface area contributed by atoms with Crippen molar-refractivity contribution in [1.29, 1.82) is 0 Å². The average molecular weight is 441 g/mol. The molecule has 172 valence electrons. The van der Waals surface area contributed by atoms with Crippen LogP contribution in [0.1, 0.15) is 52.3 Å². The Morgan fingerprint density at radius 2 is 2.20 bits per heavy atom. The van der Waals surface area contributed by atoms with Gasteiger partial charge in [0.1, 0.15) is 5.82 Å². The molecule has 1 fully saturated rings. The van der Waals surface area contributed by atoms with E-state index in [0.717, 1.165) is 88.4 Å². The monoisotopic (exact) mass is 440 g/mol. The highest BCUT2D eigenvalue weighted by molar-refractivity contribution is 7.98. The number of guanidine groups is 1. The second-order valence-corrected chi connectivity index (χ2v) is 8.74. The van der Waals surface area contributed by atoms with Crippen LogP contribution in [0.4, 0.5) is 0 Å². The third kappa shape index (κ3) is 9.22. The largest absolute Gasteiger partial charge is 0.379 e. The van der Waals surface area contributed by atoms with E-state index < -0.39 is 0 Å². The van der Waals surface area contributed by atoms with Crippen molar-refractivity contribution >= 4 is 17.7 Å². The first-order valence-corrected chi connectivity index (χ1v) is 12.5. The van der Waals surface area contributed by atoms with E-state index in [1.165, 1.54) is 0 Å². The van der Waals surface area contributed by atoms with Gasteiger partial charge in [-0.1, -0.05) is 25.6 Å². The van der Waals surface area contributed by atoms with Gasteiger partial charge in [-0.3, -0.25) is 4.99 Å². The summed E-state index contributed by atoms with van der Waals surface area (Å²) in [5, 5.41) is 16.4. The molecule has 1 aromatic heterocycles. The first kappa shape index (κ1) is 24.9. The number of aromatic nitrogens is 3. The van der Waals surface area contributed by atoms with E-state index in [9.17, 15) is 0 Å². The molecular formula is C21H40N6O2S. The van der Waals surface area contributed by atoms with Gasteiger partial charge in [-0.05, 0) is 44.8 Å². The van der Waals surface area contributed by atoms with E-state index in [2.05, 4.69) is 52.4 Å². The maximum atomic E-state index is 5.71. The van der Waals surface area contributed by atoms with Gasteiger partial charge in [0, 0.05) is 45.8 Å². The summed E-state index contributed by atoms with van der Waals surface area (Å²) in [6, 6.07) is 0. The van der Waals surface area contributed by atoms with Crippen LogP contribution in [0.3, 0.4) is 0 Å². The SMILES string of the molecule is CCNC(=NCCCc1nnc(SC)n1CC(C)C)NCCCOCC1CCCO1. The van der Waals surface area contributed by atoms with E-state index in [1.807, 2.05) is 0 Å². The summed E-state index contributed by atoms with van der Waals surface area (Å²) in [6.07, 6.45) is 7.43. The van der Waals surface area contributed by atoms with Crippen molar-refractivity contribution in [1.82, 2.24) is 25.4 Å². The number of aliphatic imine (C=N–C) groups is 1. The summed E-state index contributed by atoms with van der Waals surface area (Å²) < 4.78 is 13.5. The second-order valence-electron chi connectivity index (χ2n) is 7.96. The van der Waals surface area contributed by atoms with E-state index in [0.29, 0.717) is 18.6 Å². The molecule has 1 aromatic rings. The first-order valence-electron chi connectivity index (χ1n) is 11.3. The van der Waals surface area contributed by atoms with E-state index in [4.69, 9.17) is 14.5 Å². The Bertz CT molecular complexity index is 617. The molecule has 30 heavy (non-hydrogen) atoms. The smallest absolute Gasteiger partial charge is 0.191 e. The number of thioether (sulfide) groups is 1. The predicted octanol–water partition coefficient (Wildman–Crippen LogP) is 2.73. The number of nitrogens with zero attached hydrogens (tertiary/aromatic N) is 4. The topological polar surface area (TPSA) is 85.6 Å². The molecule has 9 heteroatoms. The number of rotatable bonds is 14. The molecule has 2 rings (SSSR count). The van der Waals surface area contributed by atoms with Crippen molar-refractivity contribution < 1.29 is 9.47 Å². The maximum absolute atomic E-state index is 5.71. The summed E-state index contributed by atoms with van der Waals surface area (Å²) >= 11 is 1.66. The standard InChI is InChI=1S/C21H40N6O2S/c1-5-22-20(24-12-8-13-28-16-18-9-7-14-29-18)23-11-6-10-19-25-26-21(30-4)27(19)15-17(2)3/h17-18H,5-16H2,1-4H3,(H2,22,23,24). The van der Waals surface area contributed by atoms with E-state index in [1.54, 1.807) is 11.8 Å². The molecule has 1 atom stereocenters. The summed E-state index contributed by atoms with van der Waals surface area (Å²) in [6.45, 7) is 12.3. The van der Waals surface area contributed by atoms with Crippen molar-refractivity contribution in [2.45, 2.75) is 70.7 Å². The number of ether oxygens (including phenoxy) is 2. The molecule has 0 aromatic carbocycles. The highest BCUT2D eigenvalue weighted by Crippen LogP contribution is 2.16. The van der Waals surface area contributed by atoms with Gasteiger partial charge in [-0.25, -0.2) is 0 Å². The summed E-state index contributed by atoms with van der Waals surface area (Å²) in [4.78, 5) is 4.70. The lowest BCUT2D eigenvalue weighted by atomic mass is 10.2. The minimum absolute atomic E-state index is 0.301. The van der Waals surface area contributed by atoms with Gasteiger partial charge in [0.2, 0.25) is 0 Å². The molecule has 1 unspecified atom stereocenters. The molecule has 2 heterocycles. The number of hydrogen-bond donors (Lipinski definition) is 2. The van der Waals surface area contributed by atoms with Crippen LogP contribution in [0, 0.1) is 5.92 Å². The van der Waals surface area contributed by atoms with Crippen molar-refractivity contribution in [3.8, 4) is 0 Å². The fourth-order valence-corrected chi connectivity index (χ4v) is 3.87. The third-order valence-corrected chi connectivity index (χ3v) is 5.45. The van der Waals surface area contributed by atoms with Gasteiger partial charge in [0.15, 0.2) is 11.1 Å². The molecule has 0 spiro atoms. The molecule has 0 radical (unpaired) electrons. The van der Waals surface area contributed by atoms with Gasteiger partial charge >= 0.3 is 0 Å². The lowest BCUT2D eigenvalue weighted by Gasteiger charge is -2.13. The molecule has 1 aliphatic heterocycles. The van der Waals surface area contributed by atoms with Crippen LogP contribution in [0.15, 0.2) is 10.1 Å². The van der Waals surface area contributed by atoms with Crippen molar-refractivity contribution in [2.24, 2.45) is 10.9 Å². The number of aryl methyl sites for hydroxylation is 1. The molecule has 1 saturated heterocycles. The van der Waals surface area contributed by atoms with Crippen LogP contribution in [-0.2, 0) is 22.4 Å². The third-order valence-electron chi connectivity index (χ3n) is 4.78. The first-order chi connectivity index (χ1) is 14.6. The summed E-state index contributed by atoms with van der Waals surface area (Å²) in [7, 11) is 0. The number of hydrogen-bond acceptors (Lipinski definition) is 6. The fraction of sp³-hybridized carbons (Fsp3) is 0.857. The minimum Gasteiger partial charge on any atom is -0.379 e. The molecule has 0 bridgehead atoms. The van der Waals surface area contributed by atoms with Gasteiger partial charge in [-0.2, -0.15) is 0 Å². The van der Waals surface area contributed by atoms with Crippen LogP contribution in [-0.4, -0.2) is 72.5 Å². The highest BCUT2D eigenvalue weighted by Gasteiger charge is 2.15. The van der Waals surface area contributed by atoms with Crippen LogP contribution < -0.4 is 10.6 Å². The fourth-order valence-electron chi connectivity index (χ4n) is 3.34. The lowest BCUT2D eigenvalue weighted by molar-refractivity contribution is 0.0168. The zero-order valence-corrected chi connectivity index (χ0v) is 20.0. The summed E-state index contributed by atoms with van der Waals surface area (Å²) in [5.41, 5.74) is 0. The van der Waals surface area contributed by atoms with Crippen LogP contribution in [0.25, 0.3) is 0 Å². The Morgan fingerprint density at radius 3 is 2.90 bits per heavy atom. The minimum atomic E-state index is 0.301. The number of nitrogens with one attached hydrogen (secondary N) is 2. The maximum Gasteiger partial charge on any atom is 0.191 e. The second kappa shape index (κ2) is 14.6. The molecule has 0 aliphatic carbocycles. The van der Waals surface area contributed by atoms with Crippen molar-refractivity contribution in [2.75, 3.05) is 45.7 Å².